The molecule has 0 rings (SSSR count). The van der Waals surface area contributed by atoms with Crippen LogP contribution in [0.4, 0.5) is 0 Å². The minimum atomic E-state index is -0.0926. The molecule has 56 valence electrons. The molecule has 0 spiro atoms. The van der Waals surface area contributed by atoms with Crippen LogP contribution in [0.25, 0.3) is 0 Å². The maximum absolute atomic E-state index is 8.70. The molecule has 9 heavy (non-hydrogen) atoms. The van der Waals surface area contributed by atoms with Crippen molar-refractivity contribution in [3.05, 3.63) is 0 Å². The first-order valence-corrected chi connectivity index (χ1v) is 1.71. The largest absolute Gasteiger partial charge is 0.369 e. The van der Waals surface area contributed by atoms with E-state index in [1.54, 1.807) is 0 Å². The molecule has 0 atom stereocenters. The van der Waals surface area contributed by atoms with E-state index in [1.165, 1.54) is 0 Å². The predicted octanol–water partition coefficient (Wildman–Crippen LogP) is -1.99. The number of carbonyl (C=O) groups excluding carboxylic acids is 1. The quantitative estimate of drug-likeness (QED) is 0.0631. The summed E-state index contributed by atoms with van der Waals surface area (Å²) < 4.78 is 0. The molecule has 0 aromatic heterocycles. The average Bonchev–Trinajstić information content (AvgIpc) is 1.89. The van der Waals surface area contributed by atoms with Crippen LogP contribution in [0.15, 0.2) is 5.10 Å². The summed E-state index contributed by atoms with van der Waals surface area (Å²) in [5.74, 6) is 4.42. The van der Waals surface area contributed by atoms with Gasteiger partial charge in [0.15, 0.2) is 0 Å². The van der Waals surface area contributed by atoms with Gasteiger partial charge in [0, 0.05) is 1.43 Å². The SMILES string of the molecule is NN=[13C](N)N.O=COO.[HH]. The summed E-state index contributed by atoms with van der Waals surface area (Å²) in [6, 6.07) is 0. The van der Waals surface area contributed by atoms with E-state index in [-0.39, 0.29) is 13.9 Å². The van der Waals surface area contributed by atoms with Crippen molar-refractivity contribution < 1.29 is 16.4 Å². The number of hydrogen-bond acceptors (Lipinski definition) is 5. The van der Waals surface area contributed by atoms with Gasteiger partial charge in [-0.05, 0) is 0 Å². The van der Waals surface area contributed by atoms with Crippen molar-refractivity contribution >= 4 is 12.4 Å². The molecule has 0 aliphatic carbocycles. The van der Waals surface area contributed by atoms with Crippen LogP contribution in [0, 0.1) is 0 Å². The summed E-state index contributed by atoms with van der Waals surface area (Å²) in [4.78, 5) is 11.6. The highest BCUT2D eigenvalue weighted by atomic mass is 17.1. The van der Waals surface area contributed by atoms with E-state index in [2.05, 4.69) is 15.8 Å². The van der Waals surface area contributed by atoms with Gasteiger partial charge in [0.1, 0.15) is 0 Å². The standard InChI is InChI=1S/CH6N4.CH2O3.H2/c2-1(3)5-4;2-1-4-3;/h4H2,(H4,2,3,5);1,3H;1H/i1+1;;. The van der Waals surface area contributed by atoms with Crippen molar-refractivity contribution in [2.45, 2.75) is 0 Å². The summed E-state index contributed by atoms with van der Waals surface area (Å²) in [6.07, 6.45) is 0. The number of rotatable bonds is 1. The van der Waals surface area contributed by atoms with E-state index in [0.29, 0.717) is 0 Å². The van der Waals surface area contributed by atoms with Crippen LogP contribution in [0.2, 0.25) is 0 Å². The Hall–Kier alpha value is -1.50. The van der Waals surface area contributed by atoms with E-state index in [0.717, 1.165) is 0 Å². The second-order valence-corrected chi connectivity index (χ2v) is 0.756. The van der Waals surface area contributed by atoms with Crippen LogP contribution in [-0.4, -0.2) is 17.7 Å². The minimum absolute atomic E-state index is 0. The van der Waals surface area contributed by atoms with Crippen molar-refractivity contribution in [3.63, 3.8) is 0 Å². The lowest BCUT2D eigenvalue weighted by Crippen LogP contribution is -2.23. The van der Waals surface area contributed by atoms with Crippen LogP contribution in [0.5, 0.6) is 0 Å². The summed E-state index contributed by atoms with van der Waals surface area (Å²) in [5, 5.41) is 9.87. The van der Waals surface area contributed by atoms with Crippen molar-refractivity contribution in [2.24, 2.45) is 22.4 Å². The maximum Gasteiger partial charge on any atom is 0.330 e. The fraction of sp³-hybridized carbons (Fsp3) is 0. The van der Waals surface area contributed by atoms with Crippen LogP contribution in [0.3, 0.4) is 0 Å². The first-order chi connectivity index (χ1) is 4.18. The summed E-state index contributed by atoms with van der Waals surface area (Å²) in [5.41, 5.74) is 9.39. The molecule has 0 amide bonds. The van der Waals surface area contributed by atoms with E-state index in [1.807, 2.05) is 0 Å². The second-order valence-electron chi connectivity index (χ2n) is 0.756. The Morgan fingerprint density at radius 3 is 2.00 bits per heavy atom. The summed E-state index contributed by atoms with van der Waals surface area (Å²) in [7, 11) is 0. The molecule has 0 saturated heterocycles. The molecular weight excluding hydrogens is 129 g/mol. The monoisotopic (exact) mass is 139 g/mol. The lowest BCUT2D eigenvalue weighted by molar-refractivity contribution is -0.217. The zero-order valence-electron chi connectivity index (χ0n) is 4.52. The number of nitrogens with zero attached hydrogens (tertiary/aromatic N) is 1. The molecule has 0 bridgehead atoms. The van der Waals surface area contributed by atoms with Gasteiger partial charge in [-0.25, -0.2) is 5.26 Å². The number of hydrazone groups is 1. The topological polar surface area (TPSA) is 137 Å². The Labute approximate surface area is 52.5 Å². The Morgan fingerprint density at radius 1 is 1.78 bits per heavy atom. The van der Waals surface area contributed by atoms with Gasteiger partial charge >= 0.3 is 6.47 Å². The number of carbonyl (C=O) groups is 1. The van der Waals surface area contributed by atoms with Gasteiger partial charge in [0.25, 0.3) is 0 Å². The minimum Gasteiger partial charge on any atom is -0.369 e. The Morgan fingerprint density at radius 2 is 2.00 bits per heavy atom. The zero-order valence-corrected chi connectivity index (χ0v) is 4.52. The van der Waals surface area contributed by atoms with Gasteiger partial charge in [0.2, 0.25) is 5.96 Å². The summed E-state index contributed by atoms with van der Waals surface area (Å²) in [6.45, 7) is -0.0694. The molecule has 7 nitrogen and oxygen atoms in total. The molecule has 0 aromatic rings. The van der Waals surface area contributed by atoms with Crippen LogP contribution in [-0.2, 0) is 9.68 Å². The molecular formula is C2H10N4O3. The molecule has 0 heterocycles. The van der Waals surface area contributed by atoms with Gasteiger partial charge < -0.3 is 22.2 Å². The molecule has 0 aliphatic rings. The molecule has 0 aliphatic heterocycles. The van der Waals surface area contributed by atoms with E-state index >= 15 is 0 Å². The van der Waals surface area contributed by atoms with Crippen LogP contribution in [0.1, 0.15) is 1.43 Å². The highest BCUT2D eigenvalue weighted by molar-refractivity contribution is 5.75. The molecule has 0 unspecified atom stereocenters. The van der Waals surface area contributed by atoms with Crippen LogP contribution < -0.4 is 17.3 Å². The highest BCUT2D eigenvalue weighted by Gasteiger charge is 1.62. The Balaban J connectivity index is -0.0000000910. The second kappa shape index (κ2) is 9.71. The normalized spacial score (nSPS) is 5.89. The van der Waals surface area contributed by atoms with Gasteiger partial charge in [-0.1, -0.05) is 0 Å². The third-order valence-corrected chi connectivity index (χ3v) is 0.192. The van der Waals surface area contributed by atoms with Gasteiger partial charge in [-0.2, -0.15) is 0 Å². The fourth-order valence-corrected chi connectivity index (χ4v) is 0. The van der Waals surface area contributed by atoms with Crippen molar-refractivity contribution in [2.75, 3.05) is 0 Å². The average molecular weight is 139 g/mol. The first-order valence-electron chi connectivity index (χ1n) is 1.71. The smallest absolute Gasteiger partial charge is 0.330 e. The first kappa shape index (κ1) is 10.5. The Kier molecular flexibility index (Phi) is 11.3. The molecule has 7 N–H and O–H groups in total. The molecule has 0 saturated carbocycles. The third kappa shape index (κ3) is 58.5. The van der Waals surface area contributed by atoms with Crippen molar-refractivity contribution in [1.82, 2.24) is 0 Å². The van der Waals surface area contributed by atoms with Gasteiger partial charge in [-0.15, -0.1) is 5.10 Å². The molecule has 0 fully saturated rings. The maximum atomic E-state index is 8.70. The van der Waals surface area contributed by atoms with E-state index in [9.17, 15) is 0 Å². The third-order valence-electron chi connectivity index (χ3n) is 0.192. The number of nitrogens with two attached hydrogens (primary N) is 3. The van der Waals surface area contributed by atoms with Gasteiger partial charge in [-0.3, -0.25) is 4.79 Å². The lowest BCUT2D eigenvalue weighted by Gasteiger charge is -1.76. The van der Waals surface area contributed by atoms with E-state index < -0.39 is 0 Å². The fourth-order valence-electron chi connectivity index (χ4n) is 0. The van der Waals surface area contributed by atoms with Crippen molar-refractivity contribution in [1.29, 1.82) is 0 Å². The number of guanidine groups is 1. The predicted molar refractivity (Wildman–Crippen MR) is 31.9 cm³/mol. The van der Waals surface area contributed by atoms with Crippen molar-refractivity contribution in [3.8, 4) is 0 Å². The zero-order chi connectivity index (χ0) is 7.70. The van der Waals surface area contributed by atoms with Gasteiger partial charge in [0.05, 0.1) is 0 Å². The highest BCUT2D eigenvalue weighted by Crippen LogP contribution is 1.33. The lowest BCUT2D eigenvalue weighted by atomic mass is 11.7. The Bertz CT molecular complexity index is 92.5. The summed E-state index contributed by atoms with van der Waals surface area (Å²) >= 11 is 0. The van der Waals surface area contributed by atoms with Crippen LogP contribution >= 0.6 is 0 Å². The molecule has 7 heteroatoms. The van der Waals surface area contributed by atoms with E-state index in [4.69, 9.17) is 21.5 Å². The molecule has 0 radical (unpaired) electrons. The molecule has 0 aromatic carbocycles. The number of hydrogen-bond donors (Lipinski definition) is 4.